The fourth-order valence-corrected chi connectivity index (χ4v) is 1.63. The van der Waals surface area contributed by atoms with E-state index in [4.69, 9.17) is 15.6 Å². The van der Waals surface area contributed by atoms with Crippen LogP contribution >= 0.6 is 0 Å². The second kappa shape index (κ2) is 6.61. The highest BCUT2D eigenvalue weighted by Gasteiger charge is 2.15. The number of nitrogens with zero attached hydrogens (tertiary/aromatic N) is 1. The smallest absolute Gasteiger partial charge is 0.239 e. The topological polar surface area (TPSA) is 80.4 Å². The Morgan fingerprint density at radius 1 is 1.42 bits per heavy atom. The second-order valence-corrected chi connectivity index (χ2v) is 5.72. The Morgan fingerprint density at radius 2 is 2.11 bits per heavy atom. The van der Waals surface area contributed by atoms with Gasteiger partial charge in [-0.05, 0) is 52.7 Å². The molecule has 1 aromatic heterocycles. The third-order valence-electron chi connectivity index (χ3n) is 2.48. The molecule has 0 saturated heterocycles. The number of rotatable bonds is 6. The van der Waals surface area contributed by atoms with Crippen molar-refractivity contribution in [2.75, 3.05) is 17.7 Å². The highest BCUT2D eigenvalue weighted by Crippen LogP contribution is 2.25. The monoisotopic (exact) mass is 267 g/mol. The van der Waals surface area contributed by atoms with Crippen molar-refractivity contribution in [3.63, 3.8) is 0 Å². The standard InChI is InChI=1S/C14H25N3O2/c1-10(6-5-9-18)16-12-8-7-11(15)13(17-12)19-14(2,3)4/h7-8,10,18H,5-6,9,15H2,1-4H3,(H,16,17). The van der Waals surface area contributed by atoms with Crippen molar-refractivity contribution < 1.29 is 9.84 Å². The maximum atomic E-state index is 8.81. The Morgan fingerprint density at radius 3 is 2.68 bits per heavy atom. The Kier molecular flexibility index (Phi) is 5.42. The molecule has 5 heteroatoms. The first-order chi connectivity index (χ1) is 8.81. The van der Waals surface area contributed by atoms with E-state index in [2.05, 4.69) is 17.2 Å². The molecule has 4 N–H and O–H groups in total. The lowest BCUT2D eigenvalue weighted by molar-refractivity contribution is 0.125. The maximum absolute atomic E-state index is 8.81. The lowest BCUT2D eigenvalue weighted by Gasteiger charge is -2.22. The van der Waals surface area contributed by atoms with Crippen molar-refractivity contribution in [1.82, 2.24) is 4.98 Å². The SMILES string of the molecule is CC(CCCO)Nc1ccc(N)c(OC(C)(C)C)n1. The summed E-state index contributed by atoms with van der Waals surface area (Å²) in [5.74, 6) is 1.19. The molecule has 0 amide bonds. The van der Waals surface area contributed by atoms with E-state index in [0.29, 0.717) is 11.6 Å². The molecule has 0 aliphatic heterocycles. The number of aliphatic hydroxyl groups excluding tert-OH is 1. The van der Waals surface area contributed by atoms with Crippen LogP contribution in [-0.4, -0.2) is 28.3 Å². The lowest BCUT2D eigenvalue weighted by atomic mass is 10.2. The number of aromatic nitrogens is 1. The number of pyridine rings is 1. The average molecular weight is 267 g/mol. The predicted molar refractivity (Wildman–Crippen MR) is 78.4 cm³/mol. The highest BCUT2D eigenvalue weighted by atomic mass is 16.5. The van der Waals surface area contributed by atoms with Crippen LogP contribution in [0.2, 0.25) is 0 Å². The molecule has 0 aliphatic carbocycles. The van der Waals surface area contributed by atoms with Crippen LogP contribution in [0.4, 0.5) is 11.5 Å². The first-order valence-corrected chi connectivity index (χ1v) is 6.65. The van der Waals surface area contributed by atoms with Crippen molar-refractivity contribution in [2.45, 2.75) is 52.2 Å². The Bertz CT molecular complexity index is 402. The van der Waals surface area contributed by atoms with E-state index in [1.165, 1.54) is 0 Å². The van der Waals surface area contributed by atoms with Gasteiger partial charge in [-0.2, -0.15) is 4.98 Å². The van der Waals surface area contributed by atoms with Crippen LogP contribution in [0, 0.1) is 0 Å². The summed E-state index contributed by atoms with van der Waals surface area (Å²) in [6.07, 6.45) is 1.66. The van der Waals surface area contributed by atoms with Crippen molar-refractivity contribution >= 4 is 11.5 Å². The summed E-state index contributed by atoms with van der Waals surface area (Å²) in [6.45, 7) is 8.13. The Hall–Kier alpha value is -1.49. The fraction of sp³-hybridized carbons (Fsp3) is 0.643. The number of aliphatic hydroxyl groups is 1. The molecule has 1 heterocycles. The number of hydrogen-bond acceptors (Lipinski definition) is 5. The van der Waals surface area contributed by atoms with Gasteiger partial charge in [0.25, 0.3) is 0 Å². The minimum Gasteiger partial charge on any atom is -0.470 e. The van der Waals surface area contributed by atoms with Crippen LogP contribution in [0.3, 0.4) is 0 Å². The van der Waals surface area contributed by atoms with Gasteiger partial charge in [0.05, 0.1) is 5.69 Å². The van der Waals surface area contributed by atoms with Crippen molar-refractivity contribution in [3.05, 3.63) is 12.1 Å². The molecule has 0 aromatic carbocycles. The molecule has 0 saturated carbocycles. The molecule has 0 aliphatic rings. The average Bonchev–Trinajstić information content (AvgIpc) is 2.29. The largest absolute Gasteiger partial charge is 0.470 e. The van der Waals surface area contributed by atoms with E-state index < -0.39 is 0 Å². The minimum atomic E-state index is -0.331. The molecule has 1 unspecified atom stereocenters. The maximum Gasteiger partial charge on any atom is 0.239 e. The quantitative estimate of drug-likeness (QED) is 0.737. The molecular weight excluding hydrogens is 242 g/mol. The van der Waals surface area contributed by atoms with Crippen LogP contribution in [0.1, 0.15) is 40.5 Å². The van der Waals surface area contributed by atoms with E-state index in [-0.39, 0.29) is 18.2 Å². The fourth-order valence-electron chi connectivity index (χ4n) is 1.63. The van der Waals surface area contributed by atoms with Gasteiger partial charge < -0.3 is 20.9 Å². The molecule has 0 fully saturated rings. The molecule has 1 atom stereocenters. The van der Waals surface area contributed by atoms with Crippen LogP contribution in [0.15, 0.2) is 12.1 Å². The number of nitrogens with two attached hydrogens (primary N) is 1. The van der Waals surface area contributed by atoms with Crippen molar-refractivity contribution in [2.24, 2.45) is 0 Å². The molecule has 0 bridgehead atoms. The van der Waals surface area contributed by atoms with Crippen LogP contribution < -0.4 is 15.8 Å². The van der Waals surface area contributed by atoms with Gasteiger partial charge in [-0.3, -0.25) is 0 Å². The van der Waals surface area contributed by atoms with Crippen molar-refractivity contribution in [3.8, 4) is 5.88 Å². The number of hydrogen-bond donors (Lipinski definition) is 3. The lowest BCUT2D eigenvalue weighted by Crippen LogP contribution is -2.24. The van der Waals surface area contributed by atoms with Crippen molar-refractivity contribution in [1.29, 1.82) is 0 Å². The third-order valence-corrected chi connectivity index (χ3v) is 2.48. The molecule has 0 radical (unpaired) electrons. The zero-order valence-electron chi connectivity index (χ0n) is 12.2. The summed E-state index contributed by atoms with van der Waals surface area (Å²) in [4.78, 5) is 4.38. The van der Waals surface area contributed by atoms with Gasteiger partial charge in [0, 0.05) is 12.6 Å². The molecular formula is C14H25N3O2. The van der Waals surface area contributed by atoms with Gasteiger partial charge in [0.1, 0.15) is 11.4 Å². The van der Waals surface area contributed by atoms with E-state index in [0.717, 1.165) is 18.7 Å². The Labute approximate surface area is 115 Å². The van der Waals surface area contributed by atoms with Gasteiger partial charge in [0.15, 0.2) is 0 Å². The first-order valence-electron chi connectivity index (χ1n) is 6.65. The van der Waals surface area contributed by atoms with Crippen LogP contribution in [-0.2, 0) is 0 Å². The molecule has 1 rings (SSSR count). The van der Waals surface area contributed by atoms with Crippen LogP contribution in [0.25, 0.3) is 0 Å². The highest BCUT2D eigenvalue weighted by molar-refractivity contribution is 5.54. The van der Waals surface area contributed by atoms with Gasteiger partial charge in [-0.15, -0.1) is 0 Å². The molecule has 1 aromatic rings. The van der Waals surface area contributed by atoms with E-state index in [1.54, 1.807) is 6.07 Å². The molecule has 108 valence electrons. The predicted octanol–water partition coefficient (Wildman–Crippen LogP) is 2.41. The zero-order valence-corrected chi connectivity index (χ0v) is 12.2. The van der Waals surface area contributed by atoms with Crippen LogP contribution in [0.5, 0.6) is 5.88 Å². The van der Waals surface area contributed by atoms with E-state index in [1.807, 2.05) is 26.8 Å². The van der Waals surface area contributed by atoms with Gasteiger partial charge in [-0.1, -0.05) is 0 Å². The summed E-state index contributed by atoms with van der Waals surface area (Å²) < 4.78 is 5.72. The summed E-state index contributed by atoms with van der Waals surface area (Å²) >= 11 is 0. The summed E-state index contributed by atoms with van der Waals surface area (Å²) in [7, 11) is 0. The number of anilines is 2. The number of nitrogen functional groups attached to an aromatic ring is 1. The number of ether oxygens (including phenoxy) is 1. The van der Waals surface area contributed by atoms with Gasteiger partial charge >= 0.3 is 0 Å². The molecule has 0 spiro atoms. The van der Waals surface area contributed by atoms with Gasteiger partial charge in [0.2, 0.25) is 5.88 Å². The van der Waals surface area contributed by atoms with E-state index >= 15 is 0 Å². The first kappa shape index (κ1) is 15.6. The normalized spacial score (nSPS) is 13.1. The van der Waals surface area contributed by atoms with Gasteiger partial charge in [-0.25, -0.2) is 0 Å². The zero-order chi connectivity index (χ0) is 14.5. The minimum absolute atomic E-state index is 0.208. The molecule has 5 nitrogen and oxygen atoms in total. The molecule has 19 heavy (non-hydrogen) atoms. The Balaban J connectivity index is 2.73. The summed E-state index contributed by atoms with van der Waals surface area (Å²) in [6, 6.07) is 3.86. The van der Waals surface area contributed by atoms with E-state index in [9.17, 15) is 0 Å². The third kappa shape index (κ3) is 5.79. The number of nitrogens with one attached hydrogen (secondary N) is 1. The summed E-state index contributed by atoms with van der Waals surface area (Å²) in [5, 5.41) is 12.1. The summed E-state index contributed by atoms with van der Waals surface area (Å²) in [5.41, 5.74) is 6.06. The second-order valence-electron chi connectivity index (χ2n) is 5.72.